The van der Waals surface area contributed by atoms with Crippen LogP contribution in [0.4, 0.5) is 0 Å². The van der Waals surface area contributed by atoms with Gasteiger partial charge in [-0.3, -0.25) is 0 Å². The van der Waals surface area contributed by atoms with Gasteiger partial charge >= 0.3 is 0 Å². The van der Waals surface area contributed by atoms with Crippen molar-refractivity contribution in [3.8, 4) is 0 Å². The second-order valence-electron chi connectivity index (χ2n) is 6.45. The SMILES string of the molecule is c1csc(C(NCC2CCCCC2)C2CCCC2)c1. The molecule has 0 radical (unpaired) electrons. The topological polar surface area (TPSA) is 12.0 Å². The zero-order chi connectivity index (χ0) is 12.9. The third-order valence-corrected chi connectivity index (χ3v) is 6.03. The van der Waals surface area contributed by atoms with E-state index in [1.165, 1.54) is 64.3 Å². The molecular weight excluding hydrogens is 250 g/mol. The van der Waals surface area contributed by atoms with Crippen molar-refractivity contribution < 1.29 is 0 Å². The molecule has 0 bridgehead atoms. The van der Waals surface area contributed by atoms with E-state index in [4.69, 9.17) is 0 Å². The number of nitrogens with one attached hydrogen (secondary N) is 1. The summed E-state index contributed by atoms with van der Waals surface area (Å²) in [6.45, 7) is 1.25. The highest BCUT2D eigenvalue weighted by atomic mass is 32.1. The number of hydrogen-bond donors (Lipinski definition) is 1. The summed E-state index contributed by atoms with van der Waals surface area (Å²) in [5, 5.41) is 6.18. The Hall–Kier alpha value is -0.340. The third kappa shape index (κ3) is 3.61. The van der Waals surface area contributed by atoms with Crippen LogP contribution in [0.5, 0.6) is 0 Å². The van der Waals surface area contributed by atoms with Crippen LogP contribution in [0.25, 0.3) is 0 Å². The molecule has 2 heteroatoms. The van der Waals surface area contributed by atoms with Gasteiger partial charge in [0.1, 0.15) is 0 Å². The molecule has 1 aromatic rings. The maximum Gasteiger partial charge on any atom is 0.0443 e. The van der Waals surface area contributed by atoms with E-state index in [0.717, 1.165) is 11.8 Å². The largest absolute Gasteiger partial charge is 0.309 e. The van der Waals surface area contributed by atoms with Gasteiger partial charge in [-0.25, -0.2) is 0 Å². The summed E-state index contributed by atoms with van der Waals surface area (Å²) < 4.78 is 0. The van der Waals surface area contributed by atoms with Crippen LogP contribution in [-0.2, 0) is 0 Å². The molecule has 2 aliphatic carbocycles. The van der Waals surface area contributed by atoms with E-state index in [1.807, 2.05) is 11.3 Å². The predicted molar refractivity (Wildman–Crippen MR) is 83.6 cm³/mol. The van der Waals surface area contributed by atoms with Crippen molar-refractivity contribution in [1.82, 2.24) is 5.32 Å². The van der Waals surface area contributed by atoms with Crippen LogP contribution in [0.3, 0.4) is 0 Å². The molecule has 2 aliphatic rings. The van der Waals surface area contributed by atoms with Crippen LogP contribution in [0.2, 0.25) is 0 Å². The van der Waals surface area contributed by atoms with E-state index in [9.17, 15) is 0 Å². The minimum atomic E-state index is 0.643. The van der Waals surface area contributed by atoms with Gasteiger partial charge in [-0.2, -0.15) is 0 Å². The van der Waals surface area contributed by atoms with Gasteiger partial charge in [-0.05, 0) is 55.5 Å². The van der Waals surface area contributed by atoms with Crippen LogP contribution in [-0.4, -0.2) is 6.54 Å². The summed E-state index contributed by atoms with van der Waals surface area (Å²) in [7, 11) is 0. The van der Waals surface area contributed by atoms with E-state index >= 15 is 0 Å². The molecule has 2 fully saturated rings. The summed E-state index contributed by atoms with van der Waals surface area (Å²) in [5.74, 6) is 1.83. The number of thiophene rings is 1. The first-order valence-electron chi connectivity index (χ1n) is 8.20. The molecule has 3 rings (SSSR count). The molecule has 1 heterocycles. The fraction of sp³-hybridized carbons (Fsp3) is 0.765. The Kier molecular flexibility index (Phi) is 4.95. The average Bonchev–Trinajstić information content (AvgIpc) is 3.13. The van der Waals surface area contributed by atoms with Gasteiger partial charge in [0, 0.05) is 10.9 Å². The van der Waals surface area contributed by atoms with E-state index < -0.39 is 0 Å². The smallest absolute Gasteiger partial charge is 0.0443 e. The van der Waals surface area contributed by atoms with E-state index in [0.29, 0.717) is 6.04 Å². The summed E-state index contributed by atoms with van der Waals surface area (Å²) in [4.78, 5) is 1.57. The Labute approximate surface area is 121 Å². The van der Waals surface area contributed by atoms with Gasteiger partial charge in [0.15, 0.2) is 0 Å². The first-order chi connectivity index (χ1) is 9.43. The van der Waals surface area contributed by atoms with E-state index in [2.05, 4.69) is 22.8 Å². The van der Waals surface area contributed by atoms with Crippen molar-refractivity contribution in [2.45, 2.75) is 63.8 Å². The molecule has 1 N–H and O–H groups in total. The fourth-order valence-corrected chi connectivity index (χ4v) is 4.84. The molecule has 0 spiro atoms. The molecule has 1 unspecified atom stereocenters. The monoisotopic (exact) mass is 277 g/mol. The molecule has 0 amide bonds. The lowest BCUT2D eigenvalue weighted by atomic mass is 9.88. The van der Waals surface area contributed by atoms with Crippen molar-refractivity contribution in [3.05, 3.63) is 22.4 Å². The Morgan fingerprint density at radius 1 is 1.05 bits per heavy atom. The summed E-state index contributed by atoms with van der Waals surface area (Å²) >= 11 is 1.94. The first kappa shape index (κ1) is 13.6. The Balaban J connectivity index is 1.58. The molecular formula is C17H27NS. The standard InChI is InChI=1S/C17H27NS/c1-2-7-14(8-3-1)13-18-17(15-9-4-5-10-15)16-11-6-12-19-16/h6,11-12,14-15,17-18H,1-5,7-10,13H2. The molecule has 106 valence electrons. The first-order valence-corrected chi connectivity index (χ1v) is 9.08. The second kappa shape index (κ2) is 6.90. The Bertz CT molecular complexity index is 347. The van der Waals surface area contributed by atoms with E-state index in [-0.39, 0.29) is 0 Å². The van der Waals surface area contributed by atoms with Crippen molar-refractivity contribution in [1.29, 1.82) is 0 Å². The highest BCUT2D eigenvalue weighted by molar-refractivity contribution is 7.10. The fourth-order valence-electron chi connectivity index (χ4n) is 3.94. The molecule has 1 nitrogen and oxygen atoms in total. The average molecular weight is 277 g/mol. The maximum atomic E-state index is 3.94. The zero-order valence-electron chi connectivity index (χ0n) is 11.9. The van der Waals surface area contributed by atoms with Crippen molar-refractivity contribution in [2.75, 3.05) is 6.54 Å². The van der Waals surface area contributed by atoms with Crippen LogP contribution in [0.15, 0.2) is 17.5 Å². The molecule has 0 saturated heterocycles. The Morgan fingerprint density at radius 2 is 1.79 bits per heavy atom. The minimum Gasteiger partial charge on any atom is -0.309 e. The van der Waals surface area contributed by atoms with Gasteiger partial charge in [-0.1, -0.05) is 38.2 Å². The third-order valence-electron chi connectivity index (χ3n) is 5.07. The lowest BCUT2D eigenvalue weighted by molar-refractivity contribution is 0.297. The summed E-state index contributed by atoms with van der Waals surface area (Å²) in [5.41, 5.74) is 0. The lowest BCUT2D eigenvalue weighted by Gasteiger charge is -2.28. The summed E-state index contributed by atoms with van der Waals surface area (Å²) in [6.07, 6.45) is 13.0. The summed E-state index contributed by atoms with van der Waals surface area (Å²) in [6, 6.07) is 5.19. The normalized spacial score (nSPS) is 23.8. The second-order valence-corrected chi connectivity index (χ2v) is 7.43. The van der Waals surface area contributed by atoms with E-state index in [1.54, 1.807) is 4.88 Å². The van der Waals surface area contributed by atoms with Crippen molar-refractivity contribution in [2.24, 2.45) is 11.8 Å². The number of hydrogen-bond acceptors (Lipinski definition) is 2. The molecule has 0 aliphatic heterocycles. The van der Waals surface area contributed by atoms with Gasteiger partial charge in [0.05, 0.1) is 0 Å². The zero-order valence-corrected chi connectivity index (χ0v) is 12.8. The van der Waals surface area contributed by atoms with Crippen LogP contribution in [0, 0.1) is 11.8 Å². The Morgan fingerprint density at radius 3 is 2.47 bits per heavy atom. The number of rotatable bonds is 5. The predicted octanol–water partition coefficient (Wildman–Crippen LogP) is 5.15. The minimum absolute atomic E-state index is 0.643. The molecule has 2 saturated carbocycles. The highest BCUT2D eigenvalue weighted by Gasteiger charge is 2.27. The molecule has 0 aromatic carbocycles. The van der Waals surface area contributed by atoms with Crippen LogP contribution in [0.1, 0.15) is 68.7 Å². The van der Waals surface area contributed by atoms with Gasteiger partial charge in [0.2, 0.25) is 0 Å². The van der Waals surface area contributed by atoms with Crippen molar-refractivity contribution in [3.63, 3.8) is 0 Å². The molecule has 19 heavy (non-hydrogen) atoms. The van der Waals surface area contributed by atoms with Gasteiger partial charge in [-0.15, -0.1) is 11.3 Å². The van der Waals surface area contributed by atoms with Gasteiger partial charge in [0.25, 0.3) is 0 Å². The van der Waals surface area contributed by atoms with Crippen molar-refractivity contribution >= 4 is 11.3 Å². The quantitative estimate of drug-likeness (QED) is 0.785. The molecule has 1 atom stereocenters. The molecule has 1 aromatic heterocycles. The highest BCUT2D eigenvalue weighted by Crippen LogP contribution is 2.37. The van der Waals surface area contributed by atoms with Crippen LogP contribution < -0.4 is 5.32 Å². The lowest BCUT2D eigenvalue weighted by Crippen LogP contribution is -2.31. The van der Waals surface area contributed by atoms with Gasteiger partial charge < -0.3 is 5.32 Å². The van der Waals surface area contributed by atoms with Crippen LogP contribution >= 0.6 is 11.3 Å². The maximum absolute atomic E-state index is 3.94.